The van der Waals surface area contributed by atoms with Crippen LogP contribution in [0.25, 0.3) is 0 Å². The van der Waals surface area contributed by atoms with Crippen molar-refractivity contribution in [1.82, 2.24) is 0 Å². The Balaban J connectivity index is 2.46. The highest BCUT2D eigenvalue weighted by Crippen LogP contribution is 2.35. The molecule has 0 aromatic heterocycles. The van der Waals surface area contributed by atoms with Crippen LogP contribution in [0, 0.1) is 17.8 Å². The van der Waals surface area contributed by atoms with Gasteiger partial charge in [0.05, 0.1) is 6.10 Å². The van der Waals surface area contributed by atoms with Crippen molar-refractivity contribution in [3.63, 3.8) is 0 Å². The van der Waals surface area contributed by atoms with Gasteiger partial charge in [0.25, 0.3) is 0 Å². The maximum atomic E-state index is 9.92. The molecular formula is C12H24O2. The van der Waals surface area contributed by atoms with Gasteiger partial charge in [0.1, 0.15) is 0 Å². The Morgan fingerprint density at radius 2 is 2.14 bits per heavy atom. The van der Waals surface area contributed by atoms with Gasteiger partial charge in [-0.1, -0.05) is 20.3 Å². The van der Waals surface area contributed by atoms with E-state index in [4.69, 9.17) is 4.74 Å². The highest BCUT2D eigenvalue weighted by atomic mass is 16.5. The van der Waals surface area contributed by atoms with Crippen molar-refractivity contribution < 1.29 is 9.84 Å². The molecule has 4 unspecified atom stereocenters. The van der Waals surface area contributed by atoms with Gasteiger partial charge >= 0.3 is 0 Å². The van der Waals surface area contributed by atoms with E-state index in [0.29, 0.717) is 11.8 Å². The lowest BCUT2D eigenvalue weighted by atomic mass is 9.73. The summed E-state index contributed by atoms with van der Waals surface area (Å²) in [7, 11) is 1.74. The number of rotatable bonds is 4. The zero-order valence-electron chi connectivity index (χ0n) is 9.70. The summed E-state index contributed by atoms with van der Waals surface area (Å²) in [4.78, 5) is 0. The molecule has 0 heterocycles. The fraction of sp³-hybridized carbons (Fsp3) is 1.00. The van der Waals surface area contributed by atoms with Crippen LogP contribution in [0.4, 0.5) is 0 Å². The van der Waals surface area contributed by atoms with Gasteiger partial charge in [-0.25, -0.2) is 0 Å². The molecule has 1 rings (SSSR count). The molecule has 0 amide bonds. The second-order valence-corrected chi connectivity index (χ2v) is 4.75. The van der Waals surface area contributed by atoms with E-state index in [1.165, 1.54) is 19.3 Å². The standard InChI is InChI=1S/C12H24O2/c1-4-10-5-6-12(13)11(7-10)9(2)8-14-3/h9-13H,4-8H2,1-3H3. The lowest BCUT2D eigenvalue weighted by Gasteiger charge is -2.36. The third-order valence-electron chi connectivity index (χ3n) is 3.71. The number of hydrogen-bond donors (Lipinski definition) is 1. The largest absolute Gasteiger partial charge is 0.393 e. The van der Waals surface area contributed by atoms with E-state index >= 15 is 0 Å². The Kier molecular flexibility index (Phi) is 4.90. The lowest BCUT2D eigenvalue weighted by molar-refractivity contribution is -0.00148. The van der Waals surface area contributed by atoms with Gasteiger partial charge in [0, 0.05) is 13.7 Å². The van der Waals surface area contributed by atoms with Gasteiger partial charge in [-0.15, -0.1) is 0 Å². The molecule has 84 valence electrons. The molecule has 0 aliphatic heterocycles. The number of aliphatic hydroxyl groups is 1. The smallest absolute Gasteiger partial charge is 0.0572 e. The van der Waals surface area contributed by atoms with Crippen LogP contribution < -0.4 is 0 Å². The van der Waals surface area contributed by atoms with Crippen molar-refractivity contribution in [1.29, 1.82) is 0 Å². The highest BCUT2D eigenvalue weighted by Gasteiger charge is 2.31. The maximum Gasteiger partial charge on any atom is 0.0572 e. The van der Waals surface area contributed by atoms with E-state index in [0.717, 1.165) is 18.9 Å². The molecule has 0 spiro atoms. The average Bonchev–Trinajstić information content (AvgIpc) is 2.19. The molecule has 2 heteroatoms. The Morgan fingerprint density at radius 3 is 2.71 bits per heavy atom. The first-order valence-electron chi connectivity index (χ1n) is 5.86. The Morgan fingerprint density at radius 1 is 1.43 bits per heavy atom. The summed E-state index contributed by atoms with van der Waals surface area (Å²) in [5.41, 5.74) is 0. The second-order valence-electron chi connectivity index (χ2n) is 4.75. The molecule has 0 radical (unpaired) electrons. The van der Waals surface area contributed by atoms with E-state index in [9.17, 15) is 5.11 Å². The Bertz CT molecular complexity index is 158. The predicted octanol–water partition coefficient (Wildman–Crippen LogP) is 2.46. The predicted molar refractivity (Wildman–Crippen MR) is 58.2 cm³/mol. The van der Waals surface area contributed by atoms with Crippen LogP contribution in [0.2, 0.25) is 0 Å². The second kappa shape index (κ2) is 5.72. The molecule has 1 aliphatic carbocycles. The Hall–Kier alpha value is -0.0800. The zero-order chi connectivity index (χ0) is 10.6. The molecule has 14 heavy (non-hydrogen) atoms. The summed E-state index contributed by atoms with van der Waals surface area (Å²) in [6, 6.07) is 0. The summed E-state index contributed by atoms with van der Waals surface area (Å²) in [5, 5.41) is 9.92. The summed E-state index contributed by atoms with van der Waals surface area (Å²) in [6.07, 6.45) is 4.53. The molecule has 0 bridgehead atoms. The molecular weight excluding hydrogens is 176 g/mol. The van der Waals surface area contributed by atoms with E-state index in [2.05, 4.69) is 13.8 Å². The molecule has 0 saturated heterocycles. The first kappa shape index (κ1) is 12.0. The van der Waals surface area contributed by atoms with E-state index in [1.807, 2.05) is 0 Å². The molecule has 0 aromatic rings. The fourth-order valence-corrected chi connectivity index (χ4v) is 2.65. The van der Waals surface area contributed by atoms with Crippen LogP contribution in [0.1, 0.15) is 39.5 Å². The highest BCUT2D eigenvalue weighted by molar-refractivity contribution is 4.82. The van der Waals surface area contributed by atoms with Crippen molar-refractivity contribution in [2.24, 2.45) is 17.8 Å². The molecule has 1 aliphatic rings. The van der Waals surface area contributed by atoms with E-state index in [1.54, 1.807) is 7.11 Å². The van der Waals surface area contributed by atoms with Crippen molar-refractivity contribution in [2.45, 2.75) is 45.6 Å². The third-order valence-corrected chi connectivity index (χ3v) is 3.71. The van der Waals surface area contributed by atoms with Crippen molar-refractivity contribution in [2.75, 3.05) is 13.7 Å². The molecule has 1 fully saturated rings. The fourth-order valence-electron chi connectivity index (χ4n) is 2.65. The SMILES string of the molecule is CCC1CCC(O)C(C(C)COC)C1. The van der Waals surface area contributed by atoms with Gasteiger partial charge in [0.15, 0.2) is 0 Å². The average molecular weight is 200 g/mol. The number of aliphatic hydroxyl groups excluding tert-OH is 1. The van der Waals surface area contributed by atoms with Crippen LogP contribution in [-0.2, 0) is 4.74 Å². The maximum absolute atomic E-state index is 9.92. The van der Waals surface area contributed by atoms with Crippen LogP contribution in [0.3, 0.4) is 0 Å². The summed E-state index contributed by atoms with van der Waals surface area (Å²) in [5.74, 6) is 1.76. The Labute approximate surface area is 87.7 Å². The summed E-state index contributed by atoms with van der Waals surface area (Å²) in [6.45, 7) is 5.22. The van der Waals surface area contributed by atoms with Crippen LogP contribution in [0.5, 0.6) is 0 Å². The van der Waals surface area contributed by atoms with Gasteiger partial charge < -0.3 is 9.84 Å². The minimum Gasteiger partial charge on any atom is -0.393 e. The van der Waals surface area contributed by atoms with E-state index in [-0.39, 0.29) is 6.10 Å². The summed E-state index contributed by atoms with van der Waals surface area (Å²) < 4.78 is 5.16. The zero-order valence-corrected chi connectivity index (χ0v) is 9.70. The minimum atomic E-state index is -0.0945. The van der Waals surface area contributed by atoms with Gasteiger partial charge in [0.2, 0.25) is 0 Å². The molecule has 1 N–H and O–H groups in total. The quantitative estimate of drug-likeness (QED) is 0.755. The van der Waals surface area contributed by atoms with Gasteiger partial charge in [-0.2, -0.15) is 0 Å². The molecule has 0 aromatic carbocycles. The van der Waals surface area contributed by atoms with Crippen LogP contribution in [-0.4, -0.2) is 24.9 Å². The van der Waals surface area contributed by atoms with Crippen LogP contribution >= 0.6 is 0 Å². The van der Waals surface area contributed by atoms with Crippen LogP contribution in [0.15, 0.2) is 0 Å². The third kappa shape index (κ3) is 2.96. The van der Waals surface area contributed by atoms with Crippen molar-refractivity contribution in [3.8, 4) is 0 Å². The summed E-state index contributed by atoms with van der Waals surface area (Å²) >= 11 is 0. The first-order valence-corrected chi connectivity index (χ1v) is 5.86. The first-order chi connectivity index (χ1) is 6.69. The minimum absolute atomic E-state index is 0.0945. The molecule has 2 nitrogen and oxygen atoms in total. The normalized spacial score (nSPS) is 35.6. The van der Waals surface area contributed by atoms with E-state index < -0.39 is 0 Å². The molecule has 1 saturated carbocycles. The van der Waals surface area contributed by atoms with Crippen molar-refractivity contribution >= 4 is 0 Å². The van der Waals surface area contributed by atoms with Gasteiger partial charge in [-0.05, 0) is 37.0 Å². The van der Waals surface area contributed by atoms with Crippen molar-refractivity contribution in [3.05, 3.63) is 0 Å². The number of ether oxygens (including phenoxy) is 1. The number of methoxy groups -OCH3 is 1. The lowest BCUT2D eigenvalue weighted by Crippen LogP contribution is -2.34. The number of hydrogen-bond acceptors (Lipinski definition) is 2. The van der Waals surface area contributed by atoms with Gasteiger partial charge in [-0.3, -0.25) is 0 Å². The molecule has 4 atom stereocenters. The monoisotopic (exact) mass is 200 g/mol. The topological polar surface area (TPSA) is 29.5 Å².